The Balaban J connectivity index is 2.53. The second-order valence-electron chi connectivity index (χ2n) is 10.6. The predicted octanol–water partition coefficient (Wildman–Crippen LogP) is 2.28. The summed E-state index contributed by atoms with van der Waals surface area (Å²) in [7, 11) is 0. The standard InChI is InChI=1S/C24H41N3O8/c1-14(2)12-18(27-23(34)35-24(3,4)5)21(31)25-13-15-6-8-16(9-7-15)20(30)26-17(22(32)33)10-11-19(28)29/h14-18H,6-13H2,1-5H3,(H,25,31)(H,26,30)(H,27,34)(H,28,29)(H,32,33)/t15?,16?,17-,18-/m0/s1. The number of carboxylic acids is 2. The number of ether oxygens (including phenoxy) is 1. The number of hydrogen-bond acceptors (Lipinski definition) is 6. The first-order valence-electron chi connectivity index (χ1n) is 12.2. The lowest BCUT2D eigenvalue weighted by atomic mass is 9.81. The van der Waals surface area contributed by atoms with Crippen LogP contribution in [0.2, 0.25) is 0 Å². The van der Waals surface area contributed by atoms with E-state index < -0.39 is 35.7 Å². The molecule has 0 radical (unpaired) electrons. The van der Waals surface area contributed by atoms with E-state index in [4.69, 9.17) is 9.84 Å². The summed E-state index contributed by atoms with van der Waals surface area (Å²) in [6.45, 7) is 9.57. The fourth-order valence-electron chi connectivity index (χ4n) is 3.96. The van der Waals surface area contributed by atoms with Crippen LogP contribution in [-0.4, -0.2) is 64.3 Å². The smallest absolute Gasteiger partial charge is 0.408 e. The van der Waals surface area contributed by atoms with Crippen LogP contribution in [0.15, 0.2) is 0 Å². The Labute approximate surface area is 206 Å². The van der Waals surface area contributed by atoms with Gasteiger partial charge in [0.25, 0.3) is 0 Å². The summed E-state index contributed by atoms with van der Waals surface area (Å²) in [5.74, 6) is -3.06. The van der Waals surface area contributed by atoms with Crippen molar-refractivity contribution in [2.45, 2.75) is 97.2 Å². The molecule has 1 saturated carbocycles. The molecule has 0 bridgehead atoms. The molecule has 0 saturated heterocycles. The van der Waals surface area contributed by atoms with Crippen LogP contribution in [0.4, 0.5) is 4.79 Å². The molecule has 0 aromatic rings. The summed E-state index contributed by atoms with van der Waals surface area (Å²) in [6.07, 6.45) is 1.75. The normalized spacial score (nSPS) is 19.8. The Bertz CT molecular complexity index is 754. The van der Waals surface area contributed by atoms with E-state index in [0.717, 1.165) is 0 Å². The third kappa shape index (κ3) is 12.4. The van der Waals surface area contributed by atoms with Crippen molar-refractivity contribution in [3.05, 3.63) is 0 Å². The molecule has 0 aromatic heterocycles. The molecule has 35 heavy (non-hydrogen) atoms. The molecule has 11 nitrogen and oxygen atoms in total. The minimum absolute atomic E-state index is 0.159. The molecule has 0 aliphatic heterocycles. The lowest BCUT2D eigenvalue weighted by Gasteiger charge is -2.29. The number of aliphatic carboxylic acids is 2. The highest BCUT2D eigenvalue weighted by Crippen LogP contribution is 2.28. The van der Waals surface area contributed by atoms with Gasteiger partial charge in [-0.15, -0.1) is 0 Å². The largest absolute Gasteiger partial charge is 0.481 e. The summed E-state index contributed by atoms with van der Waals surface area (Å²) in [5, 5.41) is 26.0. The van der Waals surface area contributed by atoms with E-state index in [1.807, 2.05) is 13.8 Å². The van der Waals surface area contributed by atoms with Crippen LogP contribution in [0.3, 0.4) is 0 Å². The van der Waals surface area contributed by atoms with Gasteiger partial charge >= 0.3 is 18.0 Å². The van der Waals surface area contributed by atoms with Gasteiger partial charge in [-0.05, 0) is 71.1 Å². The van der Waals surface area contributed by atoms with Gasteiger partial charge in [0, 0.05) is 18.9 Å². The van der Waals surface area contributed by atoms with Gasteiger partial charge in [-0.2, -0.15) is 0 Å². The summed E-state index contributed by atoms with van der Waals surface area (Å²) >= 11 is 0. The number of carbonyl (C=O) groups excluding carboxylic acids is 3. The maximum Gasteiger partial charge on any atom is 0.408 e. The Hall–Kier alpha value is -2.85. The molecule has 0 aromatic carbocycles. The Kier molecular flexibility index (Phi) is 12.0. The monoisotopic (exact) mass is 499 g/mol. The van der Waals surface area contributed by atoms with Crippen LogP contribution in [0.1, 0.15) is 79.6 Å². The molecule has 0 spiro atoms. The zero-order chi connectivity index (χ0) is 26.8. The molecule has 1 aliphatic rings. The van der Waals surface area contributed by atoms with Gasteiger partial charge in [-0.3, -0.25) is 14.4 Å². The second-order valence-corrected chi connectivity index (χ2v) is 10.6. The Morgan fingerprint density at radius 2 is 1.54 bits per heavy atom. The van der Waals surface area contributed by atoms with Crippen molar-refractivity contribution < 1.29 is 38.9 Å². The zero-order valence-corrected chi connectivity index (χ0v) is 21.4. The first-order valence-corrected chi connectivity index (χ1v) is 12.2. The minimum atomic E-state index is -1.26. The lowest BCUT2D eigenvalue weighted by molar-refractivity contribution is -0.144. The molecule has 1 fully saturated rings. The van der Waals surface area contributed by atoms with Crippen LogP contribution in [-0.2, 0) is 23.9 Å². The van der Waals surface area contributed by atoms with Gasteiger partial charge in [-0.25, -0.2) is 9.59 Å². The number of hydrogen-bond donors (Lipinski definition) is 5. The summed E-state index contributed by atoms with van der Waals surface area (Å²) in [5.41, 5.74) is -0.672. The molecule has 200 valence electrons. The third-order valence-corrected chi connectivity index (χ3v) is 5.76. The quantitative estimate of drug-likeness (QED) is 0.272. The number of alkyl carbamates (subject to hydrolysis) is 1. The van der Waals surface area contributed by atoms with Gasteiger partial charge in [0.2, 0.25) is 11.8 Å². The molecule has 0 unspecified atom stereocenters. The molecule has 11 heteroatoms. The lowest BCUT2D eigenvalue weighted by Crippen LogP contribution is -2.49. The number of nitrogens with one attached hydrogen (secondary N) is 3. The van der Waals surface area contributed by atoms with E-state index in [0.29, 0.717) is 38.6 Å². The molecule has 1 rings (SSSR count). The molecule has 5 N–H and O–H groups in total. The first kappa shape index (κ1) is 30.2. The summed E-state index contributed by atoms with van der Waals surface area (Å²) < 4.78 is 5.26. The highest BCUT2D eigenvalue weighted by molar-refractivity contribution is 5.86. The fourth-order valence-corrected chi connectivity index (χ4v) is 3.96. The van der Waals surface area contributed by atoms with Crippen molar-refractivity contribution >= 4 is 29.8 Å². The van der Waals surface area contributed by atoms with E-state index in [2.05, 4.69) is 16.0 Å². The number of carboxylic acid groups (broad SMARTS) is 2. The van der Waals surface area contributed by atoms with E-state index in [1.54, 1.807) is 20.8 Å². The van der Waals surface area contributed by atoms with Crippen molar-refractivity contribution in [1.29, 1.82) is 0 Å². The average Bonchev–Trinajstić information content (AvgIpc) is 2.72. The zero-order valence-electron chi connectivity index (χ0n) is 21.4. The van der Waals surface area contributed by atoms with E-state index >= 15 is 0 Å². The third-order valence-electron chi connectivity index (χ3n) is 5.76. The van der Waals surface area contributed by atoms with Gasteiger partial charge in [0.05, 0.1) is 0 Å². The number of amides is 3. The van der Waals surface area contributed by atoms with Crippen molar-refractivity contribution in [2.75, 3.05) is 6.54 Å². The first-order chi connectivity index (χ1) is 16.2. The topological polar surface area (TPSA) is 171 Å². The molecular weight excluding hydrogens is 458 g/mol. The maximum absolute atomic E-state index is 12.7. The van der Waals surface area contributed by atoms with Crippen LogP contribution in [0.5, 0.6) is 0 Å². The highest BCUT2D eigenvalue weighted by atomic mass is 16.6. The van der Waals surface area contributed by atoms with Crippen LogP contribution in [0.25, 0.3) is 0 Å². The van der Waals surface area contributed by atoms with Crippen LogP contribution < -0.4 is 16.0 Å². The van der Waals surface area contributed by atoms with E-state index in [-0.39, 0.29) is 42.4 Å². The molecule has 1 aliphatic carbocycles. The van der Waals surface area contributed by atoms with Crippen molar-refractivity contribution in [1.82, 2.24) is 16.0 Å². The SMILES string of the molecule is CC(C)C[C@H](NC(=O)OC(C)(C)C)C(=O)NCC1CCC(C(=O)N[C@@H](CCC(=O)O)C(=O)O)CC1. The minimum Gasteiger partial charge on any atom is -0.481 e. The highest BCUT2D eigenvalue weighted by Gasteiger charge is 2.31. The molecule has 0 heterocycles. The van der Waals surface area contributed by atoms with Crippen LogP contribution >= 0.6 is 0 Å². The van der Waals surface area contributed by atoms with Gasteiger partial charge in [0.1, 0.15) is 17.7 Å². The average molecular weight is 500 g/mol. The van der Waals surface area contributed by atoms with Crippen molar-refractivity contribution in [3.63, 3.8) is 0 Å². The predicted molar refractivity (Wildman–Crippen MR) is 128 cm³/mol. The Morgan fingerprint density at radius 3 is 2.03 bits per heavy atom. The van der Waals surface area contributed by atoms with Crippen molar-refractivity contribution in [3.8, 4) is 0 Å². The summed E-state index contributed by atoms with van der Waals surface area (Å²) in [6, 6.07) is -1.95. The number of rotatable bonds is 12. The maximum atomic E-state index is 12.7. The number of carbonyl (C=O) groups is 5. The van der Waals surface area contributed by atoms with Gasteiger partial charge < -0.3 is 30.9 Å². The summed E-state index contributed by atoms with van der Waals surface area (Å²) in [4.78, 5) is 59.4. The molecular formula is C24H41N3O8. The second kappa shape index (κ2) is 13.9. The van der Waals surface area contributed by atoms with Crippen LogP contribution in [0, 0.1) is 17.8 Å². The van der Waals surface area contributed by atoms with Gasteiger partial charge in [-0.1, -0.05) is 13.8 Å². The molecule has 3 amide bonds. The van der Waals surface area contributed by atoms with E-state index in [1.165, 1.54) is 0 Å². The van der Waals surface area contributed by atoms with Gasteiger partial charge in [0.15, 0.2) is 0 Å². The Morgan fingerprint density at radius 1 is 0.943 bits per heavy atom. The van der Waals surface area contributed by atoms with E-state index in [9.17, 15) is 29.1 Å². The molecule has 2 atom stereocenters. The fraction of sp³-hybridized carbons (Fsp3) is 0.792. The van der Waals surface area contributed by atoms with Crippen molar-refractivity contribution in [2.24, 2.45) is 17.8 Å².